The van der Waals surface area contributed by atoms with Crippen LogP contribution in [0.15, 0.2) is 48.8 Å². The van der Waals surface area contributed by atoms with Crippen LogP contribution in [-0.4, -0.2) is 22.3 Å². The number of nitrogens with zero attached hydrogens (tertiary/aromatic N) is 2. The minimum atomic E-state index is 0.126. The summed E-state index contributed by atoms with van der Waals surface area (Å²) in [5.74, 6) is 0.126. The lowest BCUT2D eigenvalue weighted by molar-refractivity contribution is 0.0735. The van der Waals surface area contributed by atoms with Gasteiger partial charge in [0.1, 0.15) is 0 Å². The molecule has 2 aromatic rings. The predicted octanol–water partition coefficient (Wildman–Crippen LogP) is 3.66. The van der Waals surface area contributed by atoms with Gasteiger partial charge in [-0.15, -0.1) is 0 Å². The third kappa shape index (κ3) is 2.70. The number of hydrogen-bond donors (Lipinski definition) is 0. The van der Waals surface area contributed by atoms with Crippen molar-refractivity contribution in [2.75, 3.05) is 6.54 Å². The minimum Gasteiger partial charge on any atom is -0.332 e. The molecule has 0 spiro atoms. The molecule has 1 aliphatic heterocycles. The summed E-state index contributed by atoms with van der Waals surface area (Å²) in [6, 6.07) is 12.0. The molecule has 0 radical (unpaired) electrons. The maximum atomic E-state index is 12.6. The molecule has 0 N–H and O–H groups in total. The second-order valence-electron chi connectivity index (χ2n) is 4.94. The van der Waals surface area contributed by atoms with Crippen LogP contribution in [0.3, 0.4) is 0 Å². The van der Waals surface area contributed by atoms with Gasteiger partial charge in [0.05, 0.1) is 6.04 Å². The summed E-state index contributed by atoms with van der Waals surface area (Å²) in [7, 11) is 0. The molecular formula is C16H15IN2O. The van der Waals surface area contributed by atoms with E-state index in [0.717, 1.165) is 28.5 Å². The van der Waals surface area contributed by atoms with Crippen molar-refractivity contribution >= 4 is 28.5 Å². The maximum Gasteiger partial charge on any atom is 0.254 e. The normalized spacial score (nSPS) is 18.2. The summed E-state index contributed by atoms with van der Waals surface area (Å²) in [4.78, 5) is 18.7. The average Bonchev–Trinajstić information content (AvgIpc) is 2.97. The summed E-state index contributed by atoms with van der Waals surface area (Å²) in [5.41, 5.74) is 1.95. The first-order valence-corrected chi connectivity index (χ1v) is 7.80. The lowest BCUT2D eigenvalue weighted by atomic mass is 10.1. The molecule has 1 aliphatic rings. The molecule has 1 aromatic heterocycles. The molecule has 1 aromatic carbocycles. The predicted molar refractivity (Wildman–Crippen MR) is 86.4 cm³/mol. The third-order valence-corrected chi connectivity index (χ3v) is 4.41. The Hall–Kier alpha value is -1.43. The molecule has 4 heteroatoms. The van der Waals surface area contributed by atoms with Gasteiger partial charge >= 0.3 is 0 Å². The monoisotopic (exact) mass is 378 g/mol. The van der Waals surface area contributed by atoms with Crippen molar-refractivity contribution in [3.05, 3.63) is 63.5 Å². The van der Waals surface area contributed by atoms with Crippen molar-refractivity contribution in [1.82, 2.24) is 9.88 Å². The van der Waals surface area contributed by atoms with Gasteiger partial charge in [0, 0.05) is 28.1 Å². The summed E-state index contributed by atoms with van der Waals surface area (Å²) in [5, 5.41) is 0. The molecule has 3 rings (SSSR count). The van der Waals surface area contributed by atoms with Crippen molar-refractivity contribution in [3.8, 4) is 0 Å². The van der Waals surface area contributed by atoms with Crippen LogP contribution in [0.5, 0.6) is 0 Å². The second kappa shape index (κ2) is 5.91. The molecule has 1 saturated heterocycles. The van der Waals surface area contributed by atoms with E-state index in [4.69, 9.17) is 0 Å². The van der Waals surface area contributed by atoms with Gasteiger partial charge in [0.25, 0.3) is 5.91 Å². The summed E-state index contributed by atoms with van der Waals surface area (Å²) < 4.78 is 1.14. The fourth-order valence-electron chi connectivity index (χ4n) is 2.70. The van der Waals surface area contributed by atoms with Gasteiger partial charge in [-0.1, -0.05) is 0 Å². The van der Waals surface area contributed by atoms with Crippen molar-refractivity contribution in [2.45, 2.75) is 18.9 Å². The molecular weight excluding hydrogens is 363 g/mol. The molecule has 2 heterocycles. The van der Waals surface area contributed by atoms with Crippen LogP contribution in [0.2, 0.25) is 0 Å². The van der Waals surface area contributed by atoms with Gasteiger partial charge in [-0.25, -0.2) is 0 Å². The Bertz CT molecular complexity index is 598. The topological polar surface area (TPSA) is 33.2 Å². The fraction of sp³-hybridized carbons (Fsp3) is 0.250. The van der Waals surface area contributed by atoms with Crippen LogP contribution in [-0.2, 0) is 0 Å². The quantitative estimate of drug-likeness (QED) is 0.748. The van der Waals surface area contributed by atoms with Gasteiger partial charge in [-0.2, -0.15) is 0 Å². The maximum absolute atomic E-state index is 12.6. The van der Waals surface area contributed by atoms with Crippen molar-refractivity contribution in [1.29, 1.82) is 0 Å². The first kappa shape index (κ1) is 13.5. The van der Waals surface area contributed by atoms with E-state index in [9.17, 15) is 4.79 Å². The zero-order chi connectivity index (χ0) is 13.9. The molecule has 20 heavy (non-hydrogen) atoms. The van der Waals surface area contributed by atoms with E-state index in [1.54, 1.807) is 12.4 Å². The number of amides is 1. The molecule has 1 unspecified atom stereocenters. The van der Waals surface area contributed by atoms with Crippen LogP contribution in [0, 0.1) is 3.57 Å². The number of pyridine rings is 1. The zero-order valence-electron chi connectivity index (χ0n) is 11.0. The average molecular weight is 378 g/mol. The summed E-state index contributed by atoms with van der Waals surface area (Å²) in [6.45, 7) is 0.831. The van der Waals surface area contributed by atoms with Crippen LogP contribution in [0.1, 0.15) is 34.8 Å². The standard InChI is InChI=1S/C16H15IN2O/c17-14-5-3-13(4-6-14)16(20)19-11-1-2-15(19)12-7-9-18-10-8-12/h3-10,15H,1-2,11H2. The number of hydrogen-bond acceptors (Lipinski definition) is 2. The first-order valence-electron chi connectivity index (χ1n) is 6.72. The van der Waals surface area contributed by atoms with E-state index in [1.807, 2.05) is 41.3 Å². The second-order valence-corrected chi connectivity index (χ2v) is 6.19. The van der Waals surface area contributed by atoms with Crippen LogP contribution < -0.4 is 0 Å². The molecule has 1 amide bonds. The molecule has 1 atom stereocenters. The number of aromatic nitrogens is 1. The lowest BCUT2D eigenvalue weighted by Gasteiger charge is -2.25. The largest absolute Gasteiger partial charge is 0.332 e. The number of benzene rings is 1. The van der Waals surface area contributed by atoms with Crippen LogP contribution in [0.4, 0.5) is 0 Å². The Kier molecular flexibility index (Phi) is 4.00. The number of likely N-dealkylation sites (tertiary alicyclic amines) is 1. The smallest absolute Gasteiger partial charge is 0.254 e. The Balaban J connectivity index is 1.85. The number of carbonyl (C=O) groups is 1. The Morgan fingerprint density at radius 3 is 2.55 bits per heavy atom. The van der Waals surface area contributed by atoms with Crippen LogP contribution in [0.25, 0.3) is 0 Å². The number of rotatable bonds is 2. The zero-order valence-corrected chi connectivity index (χ0v) is 13.2. The van der Waals surface area contributed by atoms with E-state index >= 15 is 0 Å². The highest BCUT2D eigenvalue weighted by Crippen LogP contribution is 2.32. The summed E-state index contributed by atoms with van der Waals surface area (Å²) >= 11 is 2.25. The number of carbonyl (C=O) groups excluding carboxylic acids is 1. The Morgan fingerprint density at radius 2 is 1.85 bits per heavy atom. The van der Waals surface area contributed by atoms with Crippen LogP contribution >= 0.6 is 22.6 Å². The first-order chi connectivity index (χ1) is 9.75. The van der Waals surface area contributed by atoms with Crippen molar-refractivity contribution in [2.24, 2.45) is 0 Å². The van der Waals surface area contributed by atoms with E-state index in [0.29, 0.717) is 0 Å². The van der Waals surface area contributed by atoms with Gasteiger partial charge in [0.2, 0.25) is 0 Å². The van der Waals surface area contributed by atoms with E-state index in [2.05, 4.69) is 27.6 Å². The van der Waals surface area contributed by atoms with Gasteiger partial charge in [-0.3, -0.25) is 9.78 Å². The van der Waals surface area contributed by atoms with Crippen molar-refractivity contribution < 1.29 is 4.79 Å². The van der Waals surface area contributed by atoms with E-state index in [-0.39, 0.29) is 11.9 Å². The molecule has 0 aliphatic carbocycles. The molecule has 3 nitrogen and oxygen atoms in total. The van der Waals surface area contributed by atoms with Gasteiger partial charge < -0.3 is 4.90 Å². The Labute approximate surface area is 132 Å². The highest BCUT2D eigenvalue weighted by atomic mass is 127. The highest BCUT2D eigenvalue weighted by molar-refractivity contribution is 14.1. The third-order valence-electron chi connectivity index (χ3n) is 3.70. The fourth-order valence-corrected chi connectivity index (χ4v) is 3.06. The molecule has 102 valence electrons. The van der Waals surface area contributed by atoms with Crippen molar-refractivity contribution in [3.63, 3.8) is 0 Å². The summed E-state index contributed by atoms with van der Waals surface area (Å²) in [6.07, 6.45) is 5.67. The van der Waals surface area contributed by atoms with Gasteiger partial charge in [0.15, 0.2) is 0 Å². The van der Waals surface area contributed by atoms with E-state index < -0.39 is 0 Å². The van der Waals surface area contributed by atoms with Gasteiger partial charge in [-0.05, 0) is 77.4 Å². The molecule has 0 saturated carbocycles. The Morgan fingerprint density at radius 1 is 1.15 bits per heavy atom. The molecule has 0 bridgehead atoms. The lowest BCUT2D eigenvalue weighted by Crippen LogP contribution is -2.30. The number of halogens is 1. The highest BCUT2D eigenvalue weighted by Gasteiger charge is 2.30. The minimum absolute atomic E-state index is 0.126. The van der Waals surface area contributed by atoms with E-state index in [1.165, 1.54) is 5.56 Å². The molecule has 1 fully saturated rings. The SMILES string of the molecule is O=C(c1ccc(I)cc1)N1CCCC1c1ccncc1.